The van der Waals surface area contributed by atoms with Gasteiger partial charge in [-0.15, -0.1) is 0 Å². The first-order valence-corrected chi connectivity index (χ1v) is 10.2. The van der Waals surface area contributed by atoms with Crippen LogP contribution in [-0.4, -0.2) is 19.0 Å². The molecule has 0 radical (unpaired) electrons. The molecule has 1 aliphatic rings. The number of halogens is 2. The molecular formula is C24H17BrFNO4. The van der Waals surface area contributed by atoms with Crippen LogP contribution in [0.1, 0.15) is 16.7 Å². The van der Waals surface area contributed by atoms with Gasteiger partial charge in [0.25, 0.3) is 0 Å². The number of carbonyl (C=O) groups excluding carboxylic acids is 1. The molecule has 0 unspecified atom stereocenters. The fourth-order valence-electron chi connectivity index (χ4n) is 2.97. The van der Waals surface area contributed by atoms with Gasteiger partial charge in [-0.1, -0.05) is 30.3 Å². The van der Waals surface area contributed by atoms with Gasteiger partial charge in [-0.05, 0) is 69.5 Å². The number of cyclic esters (lactones) is 1. The monoisotopic (exact) mass is 481 g/mol. The highest BCUT2D eigenvalue weighted by atomic mass is 79.9. The number of nitrogens with zero attached hydrogens (tertiary/aromatic N) is 1. The van der Waals surface area contributed by atoms with Crippen LogP contribution in [0.15, 0.2) is 81.9 Å². The van der Waals surface area contributed by atoms with Gasteiger partial charge in [0.2, 0.25) is 5.90 Å². The van der Waals surface area contributed by atoms with Crippen molar-refractivity contribution in [3.8, 4) is 11.5 Å². The summed E-state index contributed by atoms with van der Waals surface area (Å²) in [4.78, 5) is 16.6. The minimum atomic E-state index is -0.523. The molecule has 31 heavy (non-hydrogen) atoms. The second-order valence-corrected chi connectivity index (χ2v) is 7.51. The molecule has 156 valence electrons. The van der Waals surface area contributed by atoms with Crippen LogP contribution in [0.4, 0.5) is 4.39 Å². The number of benzene rings is 3. The second-order valence-electron chi connectivity index (χ2n) is 6.65. The summed E-state index contributed by atoms with van der Waals surface area (Å²) in [6.45, 7) is 0.243. The number of methoxy groups -OCH3 is 1. The third-order valence-electron chi connectivity index (χ3n) is 4.49. The van der Waals surface area contributed by atoms with Crippen LogP contribution in [0.5, 0.6) is 11.5 Å². The lowest BCUT2D eigenvalue weighted by molar-refractivity contribution is -0.129. The molecule has 7 heteroatoms. The Morgan fingerprint density at radius 1 is 1.10 bits per heavy atom. The number of hydrogen-bond acceptors (Lipinski definition) is 5. The van der Waals surface area contributed by atoms with Crippen molar-refractivity contribution in [3.63, 3.8) is 0 Å². The predicted octanol–water partition coefficient (Wildman–Crippen LogP) is 5.52. The maximum Gasteiger partial charge on any atom is 0.363 e. The summed E-state index contributed by atoms with van der Waals surface area (Å²) < 4.78 is 30.3. The van der Waals surface area contributed by atoms with Gasteiger partial charge in [-0.25, -0.2) is 14.2 Å². The molecule has 0 atom stereocenters. The lowest BCUT2D eigenvalue weighted by atomic mass is 10.1. The first kappa shape index (κ1) is 20.8. The Labute approximate surface area is 186 Å². The first-order chi connectivity index (χ1) is 15.0. The molecular weight excluding hydrogens is 465 g/mol. The molecule has 3 aromatic rings. The third kappa shape index (κ3) is 4.83. The highest BCUT2D eigenvalue weighted by Gasteiger charge is 2.24. The van der Waals surface area contributed by atoms with E-state index in [-0.39, 0.29) is 24.0 Å². The highest BCUT2D eigenvalue weighted by Crippen LogP contribution is 2.38. The standard InChI is InChI=1S/C24H17BrFNO4/c1-29-21-13-16(11-19(25)22(21)30-14-15-7-9-18(26)10-8-15)12-20-24(28)31-23(27-20)17-5-3-2-4-6-17/h2-13H,14H2,1H3/b20-12-. The van der Waals surface area contributed by atoms with Crippen molar-refractivity contribution in [3.05, 3.63) is 99.4 Å². The van der Waals surface area contributed by atoms with Crippen molar-refractivity contribution in [1.29, 1.82) is 0 Å². The number of esters is 1. The van der Waals surface area contributed by atoms with Crippen molar-refractivity contribution in [1.82, 2.24) is 0 Å². The van der Waals surface area contributed by atoms with Gasteiger partial charge >= 0.3 is 5.97 Å². The van der Waals surface area contributed by atoms with Crippen LogP contribution in [0.25, 0.3) is 6.08 Å². The Balaban J connectivity index is 1.58. The number of carbonyl (C=O) groups is 1. The minimum absolute atomic E-state index is 0.188. The SMILES string of the molecule is COc1cc(/C=C2\N=C(c3ccccc3)OC2=O)cc(Br)c1OCc1ccc(F)cc1. The number of ether oxygens (including phenoxy) is 3. The van der Waals surface area contributed by atoms with Gasteiger partial charge in [-0.3, -0.25) is 0 Å². The Morgan fingerprint density at radius 3 is 2.55 bits per heavy atom. The molecule has 0 N–H and O–H groups in total. The van der Waals surface area contributed by atoms with Gasteiger partial charge in [0.05, 0.1) is 11.6 Å². The summed E-state index contributed by atoms with van der Waals surface area (Å²) in [5, 5.41) is 0. The van der Waals surface area contributed by atoms with Gasteiger partial charge in [0, 0.05) is 5.56 Å². The van der Waals surface area contributed by atoms with E-state index in [4.69, 9.17) is 14.2 Å². The molecule has 4 rings (SSSR count). The van der Waals surface area contributed by atoms with Gasteiger partial charge < -0.3 is 14.2 Å². The van der Waals surface area contributed by atoms with Gasteiger partial charge in [0.15, 0.2) is 17.2 Å². The summed E-state index contributed by atoms with van der Waals surface area (Å²) in [6, 6.07) is 18.8. The molecule has 3 aromatic carbocycles. The van der Waals surface area contributed by atoms with E-state index in [1.165, 1.54) is 19.2 Å². The van der Waals surface area contributed by atoms with Gasteiger partial charge in [0.1, 0.15) is 12.4 Å². The largest absolute Gasteiger partial charge is 0.493 e. The van der Waals surface area contributed by atoms with Gasteiger partial charge in [-0.2, -0.15) is 0 Å². The zero-order chi connectivity index (χ0) is 21.8. The van der Waals surface area contributed by atoms with E-state index >= 15 is 0 Å². The molecule has 0 saturated carbocycles. The molecule has 0 spiro atoms. The summed E-state index contributed by atoms with van der Waals surface area (Å²) in [7, 11) is 1.53. The number of aliphatic imine (C=N–C) groups is 1. The minimum Gasteiger partial charge on any atom is -0.493 e. The van der Waals surface area contributed by atoms with Crippen LogP contribution < -0.4 is 9.47 Å². The summed E-state index contributed by atoms with van der Waals surface area (Å²) in [6.07, 6.45) is 1.62. The van der Waals surface area contributed by atoms with Crippen molar-refractivity contribution < 1.29 is 23.4 Å². The molecule has 0 aromatic heterocycles. The van der Waals surface area contributed by atoms with Crippen molar-refractivity contribution in [2.45, 2.75) is 6.61 Å². The second kappa shape index (κ2) is 9.14. The molecule has 1 aliphatic heterocycles. The van der Waals surface area contributed by atoms with E-state index in [1.807, 2.05) is 30.3 Å². The Hall–Kier alpha value is -3.45. The Kier molecular flexibility index (Phi) is 6.13. The van der Waals surface area contributed by atoms with Crippen molar-refractivity contribution in [2.24, 2.45) is 4.99 Å². The van der Waals surface area contributed by atoms with Crippen LogP contribution >= 0.6 is 15.9 Å². The molecule has 0 aliphatic carbocycles. The molecule has 0 saturated heterocycles. The summed E-state index contributed by atoms with van der Waals surface area (Å²) >= 11 is 3.49. The van der Waals surface area contributed by atoms with Crippen LogP contribution in [-0.2, 0) is 16.1 Å². The van der Waals surface area contributed by atoms with Crippen molar-refractivity contribution >= 4 is 33.9 Å². The van der Waals surface area contributed by atoms with E-state index in [1.54, 1.807) is 30.3 Å². The molecule has 0 bridgehead atoms. The zero-order valence-corrected chi connectivity index (χ0v) is 18.1. The lowest BCUT2D eigenvalue weighted by Gasteiger charge is -2.13. The fourth-order valence-corrected chi connectivity index (χ4v) is 3.54. The Morgan fingerprint density at radius 2 is 1.84 bits per heavy atom. The highest BCUT2D eigenvalue weighted by molar-refractivity contribution is 9.10. The topological polar surface area (TPSA) is 57.1 Å². The molecule has 1 heterocycles. The van der Waals surface area contributed by atoms with E-state index in [0.29, 0.717) is 21.5 Å². The predicted molar refractivity (Wildman–Crippen MR) is 118 cm³/mol. The smallest absolute Gasteiger partial charge is 0.363 e. The Bertz CT molecular complexity index is 1170. The zero-order valence-electron chi connectivity index (χ0n) is 16.5. The van der Waals surface area contributed by atoms with E-state index in [9.17, 15) is 9.18 Å². The van der Waals surface area contributed by atoms with E-state index in [0.717, 1.165) is 11.1 Å². The lowest BCUT2D eigenvalue weighted by Crippen LogP contribution is -2.05. The number of hydrogen-bond donors (Lipinski definition) is 0. The third-order valence-corrected chi connectivity index (χ3v) is 5.08. The van der Waals surface area contributed by atoms with Crippen molar-refractivity contribution in [2.75, 3.05) is 7.11 Å². The summed E-state index contributed by atoms with van der Waals surface area (Å²) in [5.74, 6) is 0.412. The molecule has 0 amide bonds. The first-order valence-electron chi connectivity index (χ1n) is 9.36. The number of rotatable bonds is 6. The van der Waals surface area contributed by atoms with E-state index < -0.39 is 5.97 Å². The van der Waals surface area contributed by atoms with Crippen LogP contribution in [0.2, 0.25) is 0 Å². The maximum atomic E-state index is 13.1. The van der Waals surface area contributed by atoms with Crippen LogP contribution in [0.3, 0.4) is 0 Å². The normalized spacial score (nSPS) is 14.4. The average Bonchev–Trinajstić information content (AvgIpc) is 3.14. The quantitative estimate of drug-likeness (QED) is 0.343. The fraction of sp³-hybridized carbons (Fsp3) is 0.0833. The average molecular weight is 482 g/mol. The molecule has 5 nitrogen and oxygen atoms in total. The maximum absolute atomic E-state index is 13.1. The van der Waals surface area contributed by atoms with Crippen LogP contribution in [0, 0.1) is 5.82 Å². The summed E-state index contributed by atoms with van der Waals surface area (Å²) in [5.41, 5.74) is 2.41. The van der Waals surface area contributed by atoms with E-state index in [2.05, 4.69) is 20.9 Å². The molecule has 0 fully saturated rings.